The highest BCUT2D eigenvalue weighted by molar-refractivity contribution is 6.33. The largest absolute Gasteiger partial charge is 0.462 e. The molecule has 1 aromatic carbocycles. The summed E-state index contributed by atoms with van der Waals surface area (Å²) in [7, 11) is 0. The molecular formula is C24H20ClFN4O4. The van der Waals surface area contributed by atoms with E-state index in [2.05, 4.69) is 9.98 Å². The molecule has 0 N–H and O–H groups in total. The standard InChI is InChI=1S/C24H20ClFN4O4/c1-4-34-24(33)15-12-14-20(27-18-10-5-6-11-29(18)23(14)32)30(13(2)3)21(15)28-22(31)19-16(25)8-7-9-17(19)26/h5-13H,4H2,1-3H3. The molecule has 0 unspecified atom stereocenters. The molecule has 0 saturated heterocycles. The highest BCUT2D eigenvalue weighted by Crippen LogP contribution is 2.20. The molecule has 0 spiro atoms. The Morgan fingerprint density at radius 1 is 1.21 bits per heavy atom. The van der Waals surface area contributed by atoms with E-state index in [0.29, 0.717) is 5.65 Å². The molecule has 0 radical (unpaired) electrons. The number of amides is 1. The minimum atomic E-state index is -0.986. The molecule has 3 heterocycles. The Kier molecular flexibility index (Phi) is 6.30. The van der Waals surface area contributed by atoms with Gasteiger partial charge in [-0.2, -0.15) is 4.99 Å². The van der Waals surface area contributed by atoms with Crippen molar-refractivity contribution >= 4 is 40.2 Å². The summed E-state index contributed by atoms with van der Waals surface area (Å²) in [5.41, 5.74) is -0.495. The average molecular weight is 483 g/mol. The number of aromatic nitrogens is 3. The van der Waals surface area contributed by atoms with Gasteiger partial charge in [0.1, 0.15) is 22.7 Å². The van der Waals surface area contributed by atoms with Gasteiger partial charge in [0.2, 0.25) is 0 Å². The van der Waals surface area contributed by atoms with Crippen LogP contribution in [0.1, 0.15) is 47.5 Å². The van der Waals surface area contributed by atoms with Crippen LogP contribution in [0.25, 0.3) is 16.7 Å². The van der Waals surface area contributed by atoms with E-state index >= 15 is 0 Å². The molecule has 8 nitrogen and oxygen atoms in total. The van der Waals surface area contributed by atoms with E-state index in [4.69, 9.17) is 16.3 Å². The lowest BCUT2D eigenvalue weighted by Crippen LogP contribution is -2.33. The first-order valence-electron chi connectivity index (χ1n) is 10.5. The molecule has 0 aliphatic heterocycles. The Morgan fingerprint density at radius 3 is 2.65 bits per heavy atom. The molecule has 1 amide bonds. The number of fused-ring (bicyclic) bond motifs is 2. The van der Waals surface area contributed by atoms with Crippen LogP contribution in [0.3, 0.4) is 0 Å². The number of benzene rings is 1. The van der Waals surface area contributed by atoms with Crippen LogP contribution in [-0.2, 0) is 4.74 Å². The van der Waals surface area contributed by atoms with Crippen LogP contribution in [-0.4, -0.2) is 32.4 Å². The molecule has 0 saturated carbocycles. The van der Waals surface area contributed by atoms with E-state index in [-0.39, 0.29) is 33.7 Å². The Hall–Kier alpha value is -3.85. The fourth-order valence-electron chi connectivity index (χ4n) is 3.66. The maximum absolute atomic E-state index is 14.4. The smallest absolute Gasteiger partial charge is 0.341 e. The van der Waals surface area contributed by atoms with E-state index in [1.54, 1.807) is 45.2 Å². The van der Waals surface area contributed by atoms with Crippen LogP contribution < -0.4 is 11.0 Å². The molecule has 0 fully saturated rings. The van der Waals surface area contributed by atoms with Crippen LogP contribution in [0.2, 0.25) is 5.02 Å². The Bertz CT molecular complexity index is 1570. The first-order chi connectivity index (χ1) is 16.2. The van der Waals surface area contributed by atoms with Crippen LogP contribution in [0.4, 0.5) is 4.39 Å². The zero-order valence-corrected chi connectivity index (χ0v) is 19.3. The Balaban J connectivity index is 2.17. The molecule has 0 aliphatic rings. The lowest BCUT2D eigenvalue weighted by atomic mass is 10.1. The predicted octanol–water partition coefficient (Wildman–Crippen LogP) is 3.94. The molecule has 174 valence electrons. The predicted molar refractivity (Wildman–Crippen MR) is 125 cm³/mol. The number of carbonyl (C=O) groups is 2. The summed E-state index contributed by atoms with van der Waals surface area (Å²) in [6.45, 7) is 5.24. The SMILES string of the molecule is CCOC(=O)c1cc2c(=O)n3ccccc3nc2n(C(C)C)c1=NC(=O)c1c(F)cccc1Cl. The van der Waals surface area contributed by atoms with E-state index in [1.807, 2.05) is 0 Å². The maximum atomic E-state index is 14.4. The highest BCUT2D eigenvalue weighted by Gasteiger charge is 2.22. The molecule has 0 bridgehead atoms. The van der Waals surface area contributed by atoms with Gasteiger partial charge in [0, 0.05) is 12.2 Å². The quantitative estimate of drug-likeness (QED) is 0.324. The summed E-state index contributed by atoms with van der Waals surface area (Å²) >= 11 is 6.05. The molecule has 0 aliphatic carbocycles. The topological polar surface area (TPSA) is 95.0 Å². The van der Waals surface area contributed by atoms with Crippen molar-refractivity contribution in [2.45, 2.75) is 26.8 Å². The summed E-state index contributed by atoms with van der Waals surface area (Å²) in [6.07, 6.45) is 1.57. The highest BCUT2D eigenvalue weighted by atomic mass is 35.5. The second-order valence-electron chi connectivity index (χ2n) is 7.66. The zero-order valence-electron chi connectivity index (χ0n) is 18.6. The van der Waals surface area contributed by atoms with Crippen molar-refractivity contribution in [1.82, 2.24) is 14.0 Å². The van der Waals surface area contributed by atoms with Crippen LogP contribution in [0, 0.1) is 5.82 Å². The number of esters is 1. The first kappa shape index (κ1) is 23.3. The fraction of sp³-hybridized carbons (Fsp3) is 0.208. The second-order valence-corrected chi connectivity index (χ2v) is 8.07. The van der Waals surface area contributed by atoms with E-state index < -0.39 is 34.9 Å². The monoisotopic (exact) mass is 482 g/mol. The summed E-state index contributed by atoms with van der Waals surface area (Å²) in [5, 5.41) is 0.0152. The van der Waals surface area contributed by atoms with Gasteiger partial charge in [-0.3, -0.25) is 14.0 Å². The second kappa shape index (κ2) is 9.18. The van der Waals surface area contributed by atoms with Crippen molar-refractivity contribution in [1.29, 1.82) is 0 Å². The molecular weight excluding hydrogens is 463 g/mol. The van der Waals surface area contributed by atoms with Gasteiger partial charge >= 0.3 is 5.97 Å². The van der Waals surface area contributed by atoms with Crippen LogP contribution in [0.5, 0.6) is 0 Å². The van der Waals surface area contributed by atoms with E-state index in [1.165, 1.54) is 27.2 Å². The van der Waals surface area contributed by atoms with Gasteiger partial charge in [-0.15, -0.1) is 0 Å². The number of ether oxygens (including phenoxy) is 1. The summed E-state index contributed by atoms with van der Waals surface area (Å²) in [5.74, 6) is -2.62. The van der Waals surface area contributed by atoms with Gasteiger partial charge in [-0.05, 0) is 51.1 Å². The van der Waals surface area contributed by atoms with Crippen LogP contribution >= 0.6 is 11.6 Å². The summed E-state index contributed by atoms with van der Waals surface area (Å²) in [6, 6.07) is 9.81. The summed E-state index contributed by atoms with van der Waals surface area (Å²) in [4.78, 5) is 47.8. The number of pyridine rings is 2. The average Bonchev–Trinajstić information content (AvgIpc) is 2.78. The third-order valence-electron chi connectivity index (χ3n) is 5.13. The van der Waals surface area contributed by atoms with Crippen LogP contribution in [0.15, 0.2) is 58.4 Å². The third kappa shape index (κ3) is 3.99. The van der Waals surface area contributed by atoms with Crippen molar-refractivity contribution in [3.05, 3.63) is 86.5 Å². The van der Waals surface area contributed by atoms with Crippen molar-refractivity contribution < 1.29 is 18.7 Å². The normalized spacial score (nSPS) is 12.0. The zero-order chi connectivity index (χ0) is 24.6. The maximum Gasteiger partial charge on any atom is 0.341 e. The van der Waals surface area contributed by atoms with Gasteiger partial charge in [0.25, 0.3) is 11.5 Å². The van der Waals surface area contributed by atoms with Gasteiger partial charge in [-0.25, -0.2) is 14.2 Å². The molecule has 3 aromatic heterocycles. The van der Waals surface area contributed by atoms with Crippen molar-refractivity contribution in [3.8, 4) is 0 Å². The van der Waals surface area contributed by atoms with Crippen molar-refractivity contribution in [2.24, 2.45) is 4.99 Å². The molecule has 0 atom stereocenters. The summed E-state index contributed by atoms with van der Waals surface area (Å²) < 4.78 is 22.4. The Morgan fingerprint density at radius 2 is 1.97 bits per heavy atom. The number of hydrogen-bond acceptors (Lipinski definition) is 5. The van der Waals surface area contributed by atoms with Gasteiger partial charge in [0.05, 0.1) is 22.6 Å². The number of halogens is 2. The molecule has 4 rings (SSSR count). The fourth-order valence-corrected chi connectivity index (χ4v) is 3.90. The van der Waals surface area contributed by atoms with Gasteiger partial charge in [-0.1, -0.05) is 23.7 Å². The van der Waals surface area contributed by atoms with Crippen molar-refractivity contribution in [3.63, 3.8) is 0 Å². The number of nitrogens with zero attached hydrogens (tertiary/aromatic N) is 4. The lowest BCUT2D eigenvalue weighted by molar-refractivity contribution is 0.0523. The van der Waals surface area contributed by atoms with Gasteiger partial charge in [0.15, 0.2) is 5.49 Å². The van der Waals surface area contributed by atoms with Crippen molar-refractivity contribution in [2.75, 3.05) is 6.61 Å². The first-order valence-corrected chi connectivity index (χ1v) is 10.9. The number of hydrogen-bond donors (Lipinski definition) is 0. The van der Waals surface area contributed by atoms with Gasteiger partial charge < -0.3 is 9.30 Å². The molecule has 10 heteroatoms. The van der Waals surface area contributed by atoms with E-state index in [0.717, 1.165) is 6.07 Å². The minimum Gasteiger partial charge on any atom is -0.462 e. The third-order valence-corrected chi connectivity index (χ3v) is 5.45. The number of rotatable bonds is 4. The lowest BCUT2D eigenvalue weighted by Gasteiger charge is -2.17. The Labute approximate surface area is 197 Å². The minimum absolute atomic E-state index is 0.0556. The van der Waals surface area contributed by atoms with E-state index in [9.17, 15) is 18.8 Å². The molecule has 34 heavy (non-hydrogen) atoms. The molecule has 4 aromatic rings. The number of carbonyl (C=O) groups excluding carboxylic acids is 2.